The fourth-order valence-corrected chi connectivity index (χ4v) is 1.93. The third kappa shape index (κ3) is 3.31. The average Bonchev–Trinajstić information content (AvgIpc) is 2.35. The van der Waals surface area contributed by atoms with Crippen molar-refractivity contribution < 1.29 is 13.5 Å². The Hall–Kier alpha value is -1.89. The molecule has 0 bridgehead atoms. The molecule has 0 aliphatic heterocycles. The van der Waals surface area contributed by atoms with Crippen LogP contribution in [0.4, 0.5) is 25.8 Å². The lowest BCUT2D eigenvalue weighted by Gasteiger charge is -2.14. The minimum absolute atomic E-state index is 0.0422. The van der Waals surface area contributed by atoms with Gasteiger partial charge in [0.05, 0.1) is 27.7 Å². The molecule has 2 aromatic rings. The number of nitrogens with zero attached hydrogens (tertiary/aromatic N) is 1. The number of nitrogens with one attached hydrogen (secondary N) is 1. The maximum absolute atomic E-state index is 12.3. The van der Waals surface area contributed by atoms with E-state index in [1.165, 1.54) is 12.3 Å². The van der Waals surface area contributed by atoms with Gasteiger partial charge in [0.1, 0.15) is 5.75 Å². The molecule has 1 aromatic carbocycles. The van der Waals surface area contributed by atoms with Gasteiger partial charge < -0.3 is 15.8 Å². The van der Waals surface area contributed by atoms with Crippen LogP contribution < -0.4 is 15.8 Å². The Labute approximate surface area is 116 Å². The minimum Gasteiger partial charge on any atom is -0.433 e. The Bertz CT molecular complexity index is 560. The fraction of sp³-hybridized carbons (Fsp3) is 0.0833. The van der Waals surface area contributed by atoms with Crippen molar-refractivity contribution in [2.45, 2.75) is 6.61 Å². The van der Waals surface area contributed by atoms with Gasteiger partial charge in [-0.3, -0.25) is 4.98 Å². The Balaban J connectivity index is 2.33. The van der Waals surface area contributed by atoms with E-state index < -0.39 is 6.61 Å². The molecule has 4 nitrogen and oxygen atoms in total. The molecule has 0 aliphatic rings. The van der Waals surface area contributed by atoms with Crippen molar-refractivity contribution in [1.82, 2.24) is 4.98 Å². The van der Waals surface area contributed by atoms with Gasteiger partial charge in [-0.25, -0.2) is 0 Å². The molecule has 3 N–H and O–H groups in total. The molecule has 0 fully saturated rings. The second-order valence-electron chi connectivity index (χ2n) is 3.59. The van der Waals surface area contributed by atoms with E-state index in [2.05, 4.69) is 31.0 Å². The van der Waals surface area contributed by atoms with E-state index in [1.54, 1.807) is 24.4 Å². The van der Waals surface area contributed by atoms with Gasteiger partial charge >= 0.3 is 6.61 Å². The van der Waals surface area contributed by atoms with E-state index in [0.717, 1.165) is 0 Å². The van der Waals surface area contributed by atoms with Crippen molar-refractivity contribution in [3.63, 3.8) is 0 Å². The number of benzene rings is 1. The van der Waals surface area contributed by atoms with Crippen LogP contribution in [0.1, 0.15) is 0 Å². The number of anilines is 3. The molecule has 100 valence electrons. The first-order valence-corrected chi connectivity index (χ1v) is 6.07. The van der Waals surface area contributed by atoms with E-state index in [1.807, 2.05) is 0 Å². The fourth-order valence-electron chi connectivity index (χ4n) is 1.49. The molecule has 19 heavy (non-hydrogen) atoms. The van der Waals surface area contributed by atoms with Crippen molar-refractivity contribution in [2.24, 2.45) is 0 Å². The number of aromatic nitrogens is 1. The summed E-state index contributed by atoms with van der Waals surface area (Å²) < 4.78 is 29.7. The maximum Gasteiger partial charge on any atom is 0.387 e. The number of para-hydroxylation sites is 2. The van der Waals surface area contributed by atoms with E-state index in [9.17, 15) is 8.78 Å². The first kappa shape index (κ1) is 13.5. The average molecular weight is 330 g/mol. The summed E-state index contributed by atoms with van der Waals surface area (Å²) in [6.45, 7) is -2.89. The molecule has 0 radical (unpaired) electrons. The third-order valence-electron chi connectivity index (χ3n) is 2.29. The normalized spacial score (nSPS) is 10.5. The van der Waals surface area contributed by atoms with Crippen LogP contribution in [-0.4, -0.2) is 11.6 Å². The van der Waals surface area contributed by atoms with Gasteiger partial charge in [0.25, 0.3) is 0 Å². The molecule has 0 saturated heterocycles. The van der Waals surface area contributed by atoms with Gasteiger partial charge in [0, 0.05) is 6.20 Å². The monoisotopic (exact) mass is 329 g/mol. The molecule has 7 heteroatoms. The van der Waals surface area contributed by atoms with Crippen molar-refractivity contribution in [1.29, 1.82) is 0 Å². The number of hydrogen-bond acceptors (Lipinski definition) is 4. The van der Waals surface area contributed by atoms with Crippen LogP contribution in [-0.2, 0) is 0 Å². The van der Waals surface area contributed by atoms with Crippen molar-refractivity contribution in [3.05, 3.63) is 41.1 Å². The Kier molecular flexibility index (Phi) is 4.16. The highest BCUT2D eigenvalue weighted by atomic mass is 79.9. The largest absolute Gasteiger partial charge is 0.433 e. The zero-order valence-electron chi connectivity index (χ0n) is 9.61. The van der Waals surface area contributed by atoms with Crippen LogP contribution in [0, 0.1) is 0 Å². The topological polar surface area (TPSA) is 60.2 Å². The van der Waals surface area contributed by atoms with Crippen LogP contribution in [0.3, 0.4) is 0 Å². The van der Waals surface area contributed by atoms with Gasteiger partial charge in [0.15, 0.2) is 0 Å². The molecular formula is C12H10BrF2N3O. The summed E-state index contributed by atoms with van der Waals surface area (Å²) in [7, 11) is 0. The second kappa shape index (κ2) is 5.83. The van der Waals surface area contributed by atoms with Crippen LogP contribution in [0.15, 0.2) is 41.1 Å². The number of halogens is 3. The van der Waals surface area contributed by atoms with E-state index >= 15 is 0 Å². The number of hydrogen-bond donors (Lipinski definition) is 2. The number of pyridine rings is 1. The SMILES string of the molecule is Nc1cncc(Br)c1Nc1ccccc1OC(F)F. The molecule has 0 unspecified atom stereocenters. The second-order valence-corrected chi connectivity index (χ2v) is 4.44. The summed E-state index contributed by atoms with van der Waals surface area (Å²) in [5, 5.41) is 2.94. The molecular weight excluding hydrogens is 320 g/mol. The van der Waals surface area contributed by atoms with Crippen LogP contribution >= 0.6 is 15.9 Å². The van der Waals surface area contributed by atoms with Gasteiger partial charge in [-0.2, -0.15) is 8.78 Å². The lowest BCUT2D eigenvalue weighted by atomic mass is 10.2. The highest BCUT2D eigenvalue weighted by Gasteiger charge is 2.11. The summed E-state index contributed by atoms with van der Waals surface area (Å²) >= 11 is 3.29. The Morgan fingerprint density at radius 1 is 1.26 bits per heavy atom. The van der Waals surface area contributed by atoms with Gasteiger partial charge in [-0.1, -0.05) is 12.1 Å². The number of nitrogen functional groups attached to an aromatic ring is 1. The predicted octanol–water partition coefficient (Wildman–Crippen LogP) is 3.77. The first-order chi connectivity index (χ1) is 9.08. The van der Waals surface area contributed by atoms with Crippen LogP contribution in [0.25, 0.3) is 0 Å². The lowest BCUT2D eigenvalue weighted by Crippen LogP contribution is -2.05. The zero-order valence-corrected chi connectivity index (χ0v) is 11.2. The summed E-state index contributed by atoms with van der Waals surface area (Å²) in [5.74, 6) is 0.0422. The molecule has 1 aromatic heterocycles. The van der Waals surface area contributed by atoms with Crippen LogP contribution in [0.5, 0.6) is 5.75 Å². The predicted molar refractivity (Wildman–Crippen MR) is 72.7 cm³/mol. The zero-order chi connectivity index (χ0) is 13.8. The summed E-state index contributed by atoms with van der Waals surface area (Å²) in [6.07, 6.45) is 3.01. The standard InChI is InChI=1S/C12H10BrF2N3O/c13-7-5-17-6-8(16)11(7)18-9-3-1-2-4-10(9)19-12(14)15/h1-6,12H,16H2,(H,17,18). The maximum atomic E-state index is 12.3. The molecule has 0 spiro atoms. The molecule has 2 rings (SSSR count). The smallest absolute Gasteiger partial charge is 0.387 e. The Morgan fingerprint density at radius 2 is 2.00 bits per heavy atom. The van der Waals surface area contributed by atoms with Crippen molar-refractivity contribution >= 4 is 33.0 Å². The van der Waals surface area contributed by atoms with Crippen LogP contribution in [0.2, 0.25) is 0 Å². The first-order valence-electron chi connectivity index (χ1n) is 5.28. The third-order valence-corrected chi connectivity index (χ3v) is 2.89. The highest BCUT2D eigenvalue weighted by Crippen LogP contribution is 2.34. The highest BCUT2D eigenvalue weighted by molar-refractivity contribution is 9.10. The summed E-state index contributed by atoms with van der Waals surface area (Å²) in [4.78, 5) is 3.89. The van der Waals surface area contributed by atoms with Gasteiger partial charge in [-0.15, -0.1) is 0 Å². The van der Waals surface area contributed by atoms with Crippen molar-refractivity contribution in [3.8, 4) is 5.75 Å². The Morgan fingerprint density at radius 3 is 2.68 bits per heavy atom. The van der Waals surface area contributed by atoms with Gasteiger partial charge in [0.2, 0.25) is 0 Å². The summed E-state index contributed by atoms with van der Waals surface area (Å²) in [5.41, 5.74) is 7.10. The number of rotatable bonds is 4. The molecule has 0 saturated carbocycles. The van der Waals surface area contributed by atoms with Crippen molar-refractivity contribution in [2.75, 3.05) is 11.1 Å². The molecule has 0 amide bonds. The minimum atomic E-state index is -2.89. The molecule has 1 heterocycles. The molecule has 0 atom stereocenters. The van der Waals surface area contributed by atoms with E-state index in [-0.39, 0.29) is 5.75 Å². The quantitative estimate of drug-likeness (QED) is 0.896. The lowest BCUT2D eigenvalue weighted by molar-refractivity contribution is -0.0493. The number of ether oxygens (including phenoxy) is 1. The van der Waals surface area contributed by atoms with Gasteiger partial charge in [-0.05, 0) is 28.1 Å². The van der Waals surface area contributed by atoms with E-state index in [4.69, 9.17) is 5.73 Å². The number of alkyl halides is 2. The van der Waals surface area contributed by atoms with E-state index in [0.29, 0.717) is 21.5 Å². The molecule has 0 aliphatic carbocycles. The number of nitrogens with two attached hydrogens (primary N) is 1. The summed E-state index contributed by atoms with van der Waals surface area (Å²) in [6, 6.07) is 6.36.